The molecular weight excluding hydrogens is 421 g/mol. The smallest absolute Gasteiger partial charge is 0.191 e. The summed E-state index contributed by atoms with van der Waals surface area (Å²) >= 11 is 0. The zero-order chi connectivity index (χ0) is 16.5. The number of nitrogens with one attached hydrogen (secondary N) is 2. The molecule has 0 amide bonds. The molecule has 1 fully saturated rings. The standard InChI is InChI=1S/C15H29N7O.HI/c1-4-16-15(18-11-14-19-12-20-21(14)2)17-10-13-6-5-7-22(13)8-9-23-3;/h12-13H,4-11H2,1-3H3,(H2,16,17,18);1H. The van der Waals surface area contributed by atoms with Crippen molar-refractivity contribution in [2.75, 3.05) is 39.9 Å². The lowest BCUT2D eigenvalue weighted by Crippen LogP contribution is -2.45. The number of hydrogen-bond donors (Lipinski definition) is 2. The molecule has 1 aliphatic rings. The van der Waals surface area contributed by atoms with Crippen molar-refractivity contribution in [2.45, 2.75) is 32.4 Å². The molecule has 2 N–H and O–H groups in total. The number of aliphatic imine (C=N–C) groups is 1. The average Bonchev–Trinajstić information content (AvgIpc) is 3.17. The predicted molar refractivity (Wildman–Crippen MR) is 106 cm³/mol. The van der Waals surface area contributed by atoms with E-state index in [1.54, 1.807) is 18.1 Å². The molecule has 0 saturated carbocycles. The Hall–Kier alpha value is -0.940. The Morgan fingerprint density at radius 1 is 1.46 bits per heavy atom. The van der Waals surface area contributed by atoms with E-state index in [4.69, 9.17) is 4.74 Å². The van der Waals surface area contributed by atoms with E-state index in [1.807, 2.05) is 7.05 Å². The number of halogens is 1. The van der Waals surface area contributed by atoms with Crippen molar-refractivity contribution >= 4 is 29.9 Å². The van der Waals surface area contributed by atoms with E-state index in [-0.39, 0.29) is 24.0 Å². The Bertz CT molecular complexity index is 494. The molecule has 1 saturated heterocycles. The molecule has 1 aromatic rings. The van der Waals surface area contributed by atoms with Gasteiger partial charge in [-0.1, -0.05) is 0 Å². The van der Waals surface area contributed by atoms with Crippen LogP contribution in [0.3, 0.4) is 0 Å². The minimum Gasteiger partial charge on any atom is -0.383 e. The van der Waals surface area contributed by atoms with Gasteiger partial charge in [-0.15, -0.1) is 24.0 Å². The maximum Gasteiger partial charge on any atom is 0.191 e. The number of aryl methyl sites for hydroxylation is 1. The molecule has 1 unspecified atom stereocenters. The highest BCUT2D eigenvalue weighted by Gasteiger charge is 2.23. The van der Waals surface area contributed by atoms with Gasteiger partial charge in [-0.05, 0) is 26.3 Å². The first-order chi connectivity index (χ1) is 11.2. The fourth-order valence-corrected chi connectivity index (χ4v) is 2.80. The molecule has 24 heavy (non-hydrogen) atoms. The predicted octanol–water partition coefficient (Wildman–Crippen LogP) is 0.599. The van der Waals surface area contributed by atoms with Crippen LogP contribution in [0, 0.1) is 0 Å². The summed E-state index contributed by atoms with van der Waals surface area (Å²) in [5.41, 5.74) is 0. The summed E-state index contributed by atoms with van der Waals surface area (Å²) < 4.78 is 6.94. The van der Waals surface area contributed by atoms with Gasteiger partial charge < -0.3 is 15.4 Å². The summed E-state index contributed by atoms with van der Waals surface area (Å²) in [4.78, 5) is 11.3. The second-order valence-corrected chi connectivity index (χ2v) is 5.70. The van der Waals surface area contributed by atoms with E-state index in [2.05, 4.69) is 37.5 Å². The molecule has 2 heterocycles. The van der Waals surface area contributed by atoms with Crippen molar-refractivity contribution in [1.29, 1.82) is 0 Å². The summed E-state index contributed by atoms with van der Waals surface area (Å²) in [6.45, 7) is 7.26. The van der Waals surface area contributed by atoms with Crippen LogP contribution in [-0.4, -0.2) is 71.6 Å². The molecule has 0 radical (unpaired) electrons. The van der Waals surface area contributed by atoms with Crippen LogP contribution in [0.25, 0.3) is 0 Å². The second-order valence-electron chi connectivity index (χ2n) is 5.70. The lowest BCUT2D eigenvalue weighted by molar-refractivity contribution is 0.141. The molecule has 1 aromatic heterocycles. The monoisotopic (exact) mass is 451 g/mol. The number of methoxy groups -OCH3 is 1. The van der Waals surface area contributed by atoms with Gasteiger partial charge in [0.05, 0.1) is 6.61 Å². The minimum atomic E-state index is 0. The summed E-state index contributed by atoms with van der Waals surface area (Å²) in [6.07, 6.45) is 4.03. The average molecular weight is 451 g/mol. The van der Waals surface area contributed by atoms with Crippen LogP contribution in [0.15, 0.2) is 11.3 Å². The van der Waals surface area contributed by atoms with E-state index in [0.29, 0.717) is 12.6 Å². The van der Waals surface area contributed by atoms with Crippen molar-refractivity contribution in [3.8, 4) is 0 Å². The van der Waals surface area contributed by atoms with Crippen molar-refractivity contribution in [3.63, 3.8) is 0 Å². The third-order valence-electron chi connectivity index (χ3n) is 4.11. The summed E-state index contributed by atoms with van der Waals surface area (Å²) in [5, 5.41) is 10.8. The van der Waals surface area contributed by atoms with Gasteiger partial charge in [0.1, 0.15) is 18.7 Å². The SMILES string of the molecule is CCNC(=NCc1ncnn1C)NCC1CCCN1CCOC.I. The Morgan fingerprint density at radius 3 is 2.96 bits per heavy atom. The Balaban J connectivity index is 0.00000288. The fraction of sp³-hybridized carbons (Fsp3) is 0.800. The molecule has 0 spiro atoms. The number of hydrogen-bond acceptors (Lipinski definition) is 5. The zero-order valence-electron chi connectivity index (χ0n) is 14.9. The number of rotatable bonds is 8. The first-order valence-corrected chi connectivity index (χ1v) is 8.32. The van der Waals surface area contributed by atoms with Crippen molar-refractivity contribution in [3.05, 3.63) is 12.2 Å². The van der Waals surface area contributed by atoms with Crippen LogP contribution in [0.4, 0.5) is 0 Å². The van der Waals surface area contributed by atoms with Gasteiger partial charge in [0.15, 0.2) is 5.96 Å². The van der Waals surface area contributed by atoms with Crippen LogP contribution in [0.2, 0.25) is 0 Å². The van der Waals surface area contributed by atoms with E-state index in [0.717, 1.165) is 44.6 Å². The lowest BCUT2D eigenvalue weighted by atomic mass is 10.2. The Kier molecular flexibility index (Phi) is 10.2. The lowest BCUT2D eigenvalue weighted by Gasteiger charge is -2.25. The number of nitrogens with zero attached hydrogens (tertiary/aromatic N) is 5. The first-order valence-electron chi connectivity index (χ1n) is 8.32. The van der Waals surface area contributed by atoms with Crippen LogP contribution in [0.1, 0.15) is 25.6 Å². The van der Waals surface area contributed by atoms with Gasteiger partial charge in [0, 0.05) is 39.8 Å². The largest absolute Gasteiger partial charge is 0.383 e. The summed E-state index contributed by atoms with van der Waals surface area (Å²) in [6, 6.07) is 0.545. The first kappa shape index (κ1) is 21.1. The minimum absolute atomic E-state index is 0. The molecule has 0 bridgehead atoms. The number of aromatic nitrogens is 3. The number of guanidine groups is 1. The molecular formula is C15H30IN7O. The van der Waals surface area contributed by atoms with Gasteiger partial charge in [0.25, 0.3) is 0 Å². The van der Waals surface area contributed by atoms with Crippen LogP contribution in [0.5, 0.6) is 0 Å². The Morgan fingerprint density at radius 2 is 2.29 bits per heavy atom. The molecule has 1 aliphatic heterocycles. The number of likely N-dealkylation sites (tertiary alicyclic amines) is 1. The van der Waals surface area contributed by atoms with Crippen molar-refractivity contribution in [2.24, 2.45) is 12.0 Å². The highest BCUT2D eigenvalue weighted by atomic mass is 127. The van der Waals surface area contributed by atoms with E-state index >= 15 is 0 Å². The third kappa shape index (κ3) is 6.52. The van der Waals surface area contributed by atoms with E-state index < -0.39 is 0 Å². The van der Waals surface area contributed by atoms with E-state index in [1.165, 1.54) is 12.8 Å². The maximum atomic E-state index is 5.19. The quantitative estimate of drug-likeness (QED) is 0.343. The molecule has 9 heteroatoms. The van der Waals surface area contributed by atoms with Crippen molar-refractivity contribution < 1.29 is 4.74 Å². The summed E-state index contributed by atoms with van der Waals surface area (Å²) in [7, 11) is 3.64. The molecule has 0 aromatic carbocycles. The second kappa shape index (κ2) is 11.6. The Labute approximate surface area is 161 Å². The topological polar surface area (TPSA) is 79.6 Å². The molecule has 0 aliphatic carbocycles. The summed E-state index contributed by atoms with van der Waals surface area (Å²) in [5.74, 6) is 1.68. The highest BCUT2D eigenvalue weighted by Crippen LogP contribution is 2.15. The van der Waals surface area contributed by atoms with Crippen LogP contribution < -0.4 is 10.6 Å². The van der Waals surface area contributed by atoms with Crippen molar-refractivity contribution in [1.82, 2.24) is 30.3 Å². The zero-order valence-corrected chi connectivity index (χ0v) is 17.2. The van der Waals surface area contributed by atoms with Gasteiger partial charge >= 0.3 is 0 Å². The van der Waals surface area contributed by atoms with Gasteiger partial charge in [-0.3, -0.25) is 9.58 Å². The van der Waals surface area contributed by atoms with Crippen LogP contribution in [-0.2, 0) is 18.3 Å². The maximum absolute atomic E-state index is 5.19. The highest BCUT2D eigenvalue weighted by molar-refractivity contribution is 14.0. The molecule has 8 nitrogen and oxygen atoms in total. The third-order valence-corrected chi connectivity index (χ3v) is 4.11. The molecule has 1 atom stereocenters. The van der Waals surface area contributed by atoms with Gasteiger partial charge in [-0.25, -0.2) is 9.98 Å². The van der Waals surface area contributed by atoms with E-state index in [9.17, 15) is 0 Å². The van der Waals surface area contributed by atoms with Gasteiger partial charge in [0.2, 0.25) is 0 Å². The normalized spacial score (nSPS) is 18.5. The number of ether oxygens (including phenoxy) is 1. The fourth-order valence-electron chi connectivity index (χ4n) is 2.80. The van der Waals surface area contributed by atoms with Crippen LogP contribution >= 0.6 is 24.0 Å². The molecule has 2 rings (SSSR count). The van der Waals surface area contributed by atoms with Gasteiger partial charge in [-0.2, -0.15) is 5.10 Å². The molecule has 138 valence electrons.